The van der Waals surface area contributed by atoms with E-state index in [1.165, 1.54) is 6.42 Å². The van der Waals surface area contributed by atoms with Crippen molar-refractivity contribution in [3.63, 3.8) is 0 Å². The third kappa shape index (κ3) is 3.24. The van der Waals surface area contributed by atoms with Crippen LogP contribution in [0.4, 0.5) is 17.5 Å². The van der Waals surface area contributed by atoms with E-state index in [2.05, 4.69) is 35.5 Å². The molecular formula is C15H21N7. The highest BCUT2D eigenvalue weighted by Crippen LogP contribution is 2.25. The average Bonchev–Trinajstić information content (AvgIpc) is 3.01. The van der Waals surface area contributed by atoms with Gasteiger partial charge in [0.2, 0.25) is 0 Å². The maximum absolute atomic E-state index is 4.41. The van der Waals surface area contributed by atoms with Crippen LogP contribution >= 0.6 is 0 Å². The van der Waals surface area contributed by atoms with Gasteiger partial charge in [0.25, 0.3) is 0 Å². The second-order valence-corrected chi connectivity index (χ2v) is 5.43. The van der Waals surface area contributed by atoms with Crippen LogP contribution in [-0.2, 0) is 0 Å². The Bertz CT molecular complexity index is 631. The Morgan fingerprint density at radius 1 is 1.14 bits per heavy atom. The van der Waals surface area contributed by atoms with Crippen LogP contribution in [-0.4, -0.2) is 46.1 Å². The van der Waals surface area contributed by atoms with Gasteiger partial charge in [-0.05, 0) is 19.8 Å². The molecule has 1 atom stereocenters. The summed E-state index contributed by atoms with van der Waals surface area (Å²) in [5.74, 6) is 2.69. The molecule has 0 aromatic carbocycles. The van der Waals surface area contributed by atoms with Crippen LogP contribution in [0, 0.1) is 6.92 Å². The molecule has 0 bridgehead atoms. The Labute approximate surface area is 130 Å². The van der Waals surface area contributed by atoms with E-state index in [1.807, 2.05) is 26.1 Å². The molecular weight excluding hydrogens is 278 g/mol. The Hall–Kier alpha value is -2.44. The van der Waals surface area contributed by atoms with E-state index in [-0.39, 0.29) is 0 Å². The maximum Gasteiger partial charge on any atom is 0.134 e. The molecule has 1 fully saturated rings. The van der Waals surface area contributed by atoms with Gasteiger partial charge in [-0.2, -0.15) is 0 Å². The van der Waals surface area contributed by atoms with Crippen molar-refractivity contribution in [1.29, 1.82) is 0 Å². The van der Waals surface area contributed by atoms with E-state index in [9.17, 15) is 0 Å². The van der Waals surface area contributed by atoms with Crippen molar-refractivity contribution in [2.75, 3.05) is 35.7 Å². The van der Waals surface area contributed by atoms with Gasteiger partial charge in [-0.25, -0.2) is 19.9 Å². The number of hydrogen-bond acceptors (Lipinski definition) is 7. The molecule has 3 heterocycles. The van der Waals surface area contributed by atoms with Crippen molar-refractivity contribution in [3.05, 3.63) is 30.5 Å². The van der Waals surface area contributed by atoms with E-state index < -0.39 is 0 Å². The highest BCUT2D eigenvalue weighted by Gasteiger charge is 2.25. The molecule has 0 saturated carbocycles. The fourth-order valence-electron chi connectivity index (χ4n) is 2.76. The van der Waals surface area contributed by atoms with Crippen molar-refractivity contribution in [3.8, 4) is 0 Å². The van der Waals surface area contributed by atoms with Crippen LogP contribution in [0.25, 0.3) is 0 Å². The van der Waals surface area contributed by atoms with Gasteiger partial charge in [0, 0.05) is 44.0 Å². The lowest BCUT2D eigenvalue weighted by Crippen LogP contribution is -2.35. The van der Waals surface area contributed by atoms with Gasteiger partial charge < -0.3 is 15.5 Å². The molecule has 1 aliphatic heterocycles. The number of nitrogens with zero attached hydrogens (tertiary/aromatic N) is 5. The number of aryl methyl sites for hydroxylation is 1. The first-order valence-corrected chi connectivity index (χ1v) is 7.55. The molecule has 0 aliphatic carbocycles. The summed E-state index contributed by atoms with van der Waals surface area (Å²) in [6.45, 7) is 3.83. The summed E-state index contributed by atoms with van der Waals surface area (Å²) in [5, 5.41) is 6.46. The maximum atomic E-state index is 4.41. The normalized spacial score (nSPS) is 17.5. The Morgan fingerprint density at radius 2 is 1.95 bits per heavy atom. The Morgan fingerprint density at radius 3 is 2.77 bits per heavy atom. The number of rotatable bonds is 5. The lowest BCUT2D eigenvalue weighted by atomic mass is 10.2. The molecule has 0 amide bonds. The lowest BCUT2D eigenvalue weighted by molar-refractivity contribution is 0.688. The van der Waals surface area contributed by atoms with Crippen LogP contribution in [0.3, 0.4) is 0 Å². The molecule has 0 spiro atoms. The zero-order chi connectivity index (χ0) is 15.4. The van der Waals surface area contributed by atoms with Crippen molar-refractivity contribution in [2.24, 2.45) is 0 Å². The summed E-state index contributed by atoms with van der Waals surface area (Å²) in [7, 11) is 1.87. The predicted molar refractivity (Wildman–Crippen MR) is 87.2 cm³/mol. The monoisotopic (exact) mass is 299 g/mol. The zero-order valence-corrected chi connectivity index (χ0v) is 13.0. The van der Waals surface area contributed by atoms with E-state index in [1.54, 1.807) is 12.7 Å². The van der Waals surface area contributed by atoms with Gasteiger partial charge >= 0.3 is 0 Å². The molecule has 2 N–H and O–H groups in total. The summed E-state index contributed by atoms with van der Waals surface area (Å²) in [6, 6.07) is 4.37. The quantitative estimate of drug-likeness (QED) is 0.870. The molecule has 116 valence electrons. The first kappa shape index (κ1) is 14.5. The van der Waals surface area contributed by atoms with E-state index in [4.69, 9.17) is 0 Å². The van der Waals surface area contributed by atoms with Gasteiger partial charge in [0.1, 0.15) is 30.1 Å². The van der Waals surface area contributed by atoms with Crippen LogP contribution < -0.4 is 15.5 Å². The highest BCUT2D eigenvalue weighted by atomic mass is 15.3. The van der Waals surface area contributed by atoms with E-state index in [0.717, 1.165) is 42.7 Å². The second kappa shape index (κ2) is 6.55. The zero-order valence-electron chi connectivity index (χ0n) is 13.0. The van der Waals surface area contributed by atoms with Crippen molar-refractivity contribution < 1.29 is 0 Å². The fraction of sp³-hybridized carbons (Fsp3) is 0.467. The number of aromatic nitrogens is 4. The number of hydrogen-bond donors (Lipinski definition) is 2. The lowest BCUT2D eigenvalue weighted by Gasteiger charge is -2.26. The van der Waals surface area contributed by atoms with Crippen LogP contribution in [0.15, 0.2) is 24.8 Å². The average molecular weight is 299 g/mol. The molecule has 2 aromatic rings. The first-order valence-electron chi connectivity index (χ1n) is 7.55. The van der Waals surface area contributed by atoms with Crippen molar-refractivity contribution in [2.45, 2.75) is 25.8 Å². The Balaban J connectivity index is 1.67. The Kier molecular flexibility index (Phi) is 4.32. The van der Waals surface area contributed by atoms with Crippen LogP contribution in [0.1, 0.15) is 18.5 Å². The summed E-state index contributed by atoms with van der Waals surface area (Å²) in [5.41, 5.74) is 0.968. The first-order chi connectivity index (χ1) is 10.8. The van der Waals surface area contributed by atoms with Crippen LogP contribution in [0.5, 0.6) is 0 Å². The number of nitrogens with one attached hydrogen (secondary N) is 2. The standard InChI is InChI=1S/C15H21N7/c1-11-6-14(20-9-18-11)17-8-12-4-3-5-22(12)15-7-13(16-2)19-10-21-15/h6-7,9-10,12H,3-5,8H2,1-2H3,(H,16,19,21)(H,17,18,20). The largest absolute Gasteiger partial charge is 0.373 e. The molecule has 1 aliphatic rings. The van der Waals surface area contributed by atoms with Crippen molar-refractivity contribution in [1.82, 2.24) is 19.9 Å². The molecule has 7 nitrogen and oxygen atoms in total. The van der Waals surface area contributed by atoms with Gasteiger partial charge in [-0.15, -0.1) is 0 Å². The third-order valence-electron chi connectivity index (χ3n) is 3.90. The summed E-state index contributed by atoms with van der Waals surface area (Å²) in [4.78, 5) is 19.3. The smallest absolute Gasteiger partial charge is 0.134 e. The molecule has 22 heavy (non-hydrogen) atoms. The summed E-state index contributed by atoms with van der Waals surface area (Å²) in [6.07, 6.45) is 5.52. The van der Waals surface area contributed by atoms with Gasteiger partial charge in [-0.1, -0.05) is 0 Å². The minimum atomic E-state index is 0.412. The minimum absolute atomic E-state index is 0.412. The highest BCUT2D eigenvalue weighted by molar-refractivity contribution is 5.50. The fourth-order valence-corrected chi connectivity index (χ4v) is 2.76. The number of anilines is 3. The van der Waals surface area contributed by atoms with Crippen LogP contribution in [0.2, 0.25) is 0 Å². The van der Waals surface area contributed by atoms with Gasteiger partial charge in [0.05, 0.1) is 0 Å². The second-order valence-electron chi connectivity index (χ2n) is 5.43. The molecule has 1 unspecified atom stereocenters. The van der Waals surface area contributed by atoms with Gasteiger partial charge in [0.15, 0.2) is 0 Å². The molecule has 1 saturated heterocycles. The summed E-state index contributed by atoms with van der Waals surface area (Å²) >= 11 is 0. The molecule has 2 aromatic heterocycles. The van der Waals surface area contributed by atoms with Crippen molar-refractivity contribution >= 4 is 17.5 Å². The van der Waals surface area contributed by atoms with E-state index in [0.29, 0.717) is 6.04 Å². The molecule has 7 heteroatoms. The van der Waals surface area contributed by atoms with E-state index >= 15 is 0 Å². The summed E-state index contributed by atoms with van der Waals surface area (Å²) < 4.78 is 0. The SMILES string of the molecule is CNc1cc(N2CCCC2CNc2cc(C)ncn2)ncn1. The minimum Gasteiger partial charge on any atom is -0.373 e. The third-order valence-corrected chi connectivity index (χ3v) is 3.90. The topological polar surface area (TPSA) is 78.9 Å². The molecule has 0 radical (unpaired) electrons. The predicted octanol–water partition coefficient (Wildman–Crippen LogP) is 1.70. The molecule has 3 rings (SSSR count). The van der Waals surface area contributed by atoms with Gasteiger partial charge in [-0.3, -0.25) is 0 Å².